The third-order valence-corrected chi connectivity index (χ3v) is 7.58. The van der Waals surface area contributed by atoms with Crippen LogP contribution in [0.2, 0.25) is 0 Å². The van der Waals surface area contributed by atoms with Crippen LogP contribution in [0.3, 0.4) is 0 Å². The molecule has 5 nitrogen and oxygen atoms in total. The lowest BCUT2D eigenvalue weighted by atomic mass is 9.71. The number of unbranched alkanes of at least 4 members (excludes halogenated alkanes) is 3. The maximum Gasteiger partial charge on any atom is 0.422 e. The quantitative estimate of drug-likeness (QED) is 0.114. The summed E-state index contributed by atoms with van der Waals surface area (Å²) in [5.74, 6) is -4.00. The number of hydrogen-bond donors (Lipinski definition) is 1. The standard InChI is InChI=1S/C29H31F5N3O2/c1-5-7-8-9-10-18-11-12-37-21(13-18)24-19(14-20(30)25(26(24)31)29(32,33)34)28(3,6-2)23(37)16-39-27(38)22-15-35-17-36(22)4/h11-17H,5-10H2,1-4H3/q+1/p+1. The predicted octanol–water partition coefficient (Wildman–Crippen LogP) is 6.55. The van der Waals surface area contributed by atoms with Crippen LogP contribution in [0.4, 0.5) is 22.0 Å². The molecule has 2 aromatic heterocycles. The first-order valence-electron chi connectivity index (χ1n) is 13.0. The van der Waals surface area contributed by atoms with Crippen LogP contribution in [-0.2, 0) is 29.8 Å². The maximum absolute atomic E-state index is 15.7. The van der Waals surface area contributed by atoms with Gasteiger partial charge in [-0.15, -0.1) is 0 Å². The Morgan fingerprint density at radius 1 is 1.15 bits per heavy atom. The fourth-order valence-corrected chi connectivity index (χ4v) is 5.16. The minimum Gasteiger partial charge on any atom is -0.421 e. The van der Waals surface area contributed by atoms with Crippen LogP contribution in [0.15, 0.2) is 43.2 Å². The van der Waals surface area contributed by atoms with E-state index in [1.54, 1.807) is 39.5 Å². The van der Waals surface area contributed by atoms with Crippen molar-refractivity contribution in [2.24, 2.45) is 7.05 Å². The molecule has 3 heterocycles. The van der Waals surface area contributed by atoms with Crippen molar-refractivity contribution in [2.75, 3.05) is 0 Å². The van der Waals surface area contributed by atoms with Gasteiger partial charge in [0.1, 0.15) is 17.6 Å². The number of H-pyrrole nitrogens is 1. The second-order valence-electron chi connectivity index (χ2n) is 10.1. The van der Waals surface area contributed by atoms with Crippen molar-refractivity contribution < 1.29 is 40.6 Å². The third-order valence-electron chi connectivity index (χ3n) is 7.58. The van der Waals surface area contributed by atoms with Gasteiger partial charge in [0, 0.05) is 12.1 Å². The van der Waals surface area contributed by atoms with Gasteiger partial charge in [-0.1, -0.05) is 33.1 Å². The average Bonchev–Trinajstić information content (AvgIpc) is 3.31. The number of halogens is 5. The zero-order valence-corrected chi connectivity index (χ0v) is 22.4. The van der Waals surface area contributed by atoms with Gasteiger partial charge in [-0.3, -0.25) is 0 Å². The fraction of sp³-hybridized carbons (Fsp3) is 0.414. The number of esters is 1. The molecule has 1 unspecified atom stereocenters. The smallest absolute Gasteiger partial charge is 0.421 e. The number of rotatable bonds is 8. The monoisotopic (exact) mass is 549 g/mol. The number of aromatic nitrogens is 3. The zero-order valence-electron chi connectivity index (χ0n) is 22.4. The minimum absolute atomic E-state index is 0.0608. The summed E-state index contributed by atoms with van der Waals surface area (Å²) in [6.07, 6.45) is 5.55. The zero-order chi connectivity index (χ0) is 28.5. The number of pyridine rings is 1. The lowest BCUT2D eigenvalue weighted by Gasteiger charge is -2.34. The number of imidazole rings is 1. The number of benzene rings is 1. The highest BCUT2D eigenvalue weighted by Crippen LogP contribution is 2.48. The van der Waals surface area contributed by atoms with Gasteiger partial charge in [0.25, 0.3) is 5.69 Å². The van der Waals surface area contributed by atoms with Crippen molar-refractivity contribution in [2.45, 2.75) is 70.9 Å². The molecule has 1 aromatic carbocycles. The van der Waals surface area contributed by atoms with Gasteiger partial charge in [-0.05, 0) is 43.4 Å². The van der Waals surface area contributed by atoms with E-state index in [0.717, 1.165) is 37.3 Å². The number of nitrogens with one attached hydrogen (secondary N) is 1. The molecule has 10 heteroatoms. The predicted molar refractivity (Wildman–Crippen MR) is 134 cm³/mol. The van der Waals surface area contributed by atoms with E-state index in [9.17, 15) is 22.4 Å². The lowest BCUT2D eigenvalue weighted by Crippen LogP contribution is -2.49. The Balaban J connectivity index is 1.92. The number of aryl methyl sites for hydroxylation is 2. The number of hydrogen-bond acceptors (Lipinski definition) is 2. The van der Waals surface area contributed by atoms with Gasteiger partial charge in [0.15, 0.2) is 18.3 Å². The van der Waals surface area contributed by atoms with E-state index in [-0.39, 0.29) is 28.9 Å². The second kappa shape index (κ2) is 10.9. The molecular formula is C29H32F5N3O2+2. The number of alkyl halides is 3. The summed E-state index contributed by atoms with van der Waals surface area (Å²) in [4.78, 5) is 15.5. The van der Waals surface area contributed by atoms with Crippen molar-refractivity contribution >= 4 is 11.7 Å². The molecule has 4 rings (SSSR count). The first-order valence-corrected chi connectivity index (χ1v) is 13.0. The molecule has 0 saturated heterocycles. The molecule has 0 amide bonds. The topological polar surface area (TPSA) is 49.9 Å². The molecule has 0 saturated carbocycles. The fourth-order valence-electron chi connectivity index (χ4n) is 5.16. The summed E-state index contributed by atoms with van der Waals surface area (Å²) >= 11 is 0. The Morgan fingerprint density at radius 2 is 1.90 bits per heavy atom. The Kier molecular flexibility index (Phi) is 7.95. The summed E-state index contributed by atoms with van der Waals surface area (Å²) in [7, 11) is 1.66. The van der Waals surface area contributed by atoms with E-state index in [0.29, 0.717) is 12.1 Å². The van der Waals surface area contributed by atoms with Gasteiger partial charge >= 0.3 is 12.1 Å². The van der Waals surface area contributed by atoms with Crippen molar-refractivity contribution in [3.05, 3.63) is 77.2 Å². The Hall–Kier alpha value is -3.56. The molecule has 0 fully saturated rings. The normalized spacial score (nSPS) is 17.7. The first kappa shape index (κ1) is 28.4. The van der Waals surface area contributed by atoms with Crippen LogP contribution in [0.1, 0.15) is 80.1 Å². The van der Waals surface area contributed by atoms with Gasteiger partial charge < -0.3 is 4.74 Å². The van der Waals surface area contributed by atoms with Crippen LogP contribution in [-0.4, -0.2) is 11.0 Å². The maximum atomic E-state index is 15.7. The highest BCUT2D eigenvalue weighted by atomic mass is 19.4. The first-order chi connectivity index (χ1) is 18.4. The van der Waals surface area contributed by atoms with E-state index in [4.69, 9.17) is 4.74 Å². The van der Waals surface area contributed by atoms with E-state index in [1.807, 2.05) is 6.07 Å². The van der Waals surface area contributed by atoms with Gasteiger partial charge in [-0.25, -0.2) is 23.1 Å². The van der Waals surface area contributed by atoms with E-state index in [2.05, 4.69) is 11.9 Å². The largest absolute Gasteiger partial charge is 0.422 e. The number of fused-ring (bicyclic) bond motifs is 3. The van der Waals surface area contributed by atoms with Crippen molar-refractivity contribution in [3.8, 4) is 11.3 Å². The van der Waals surface area contributed by atoms with Crippen LogP contribution in [0.5, 0.6) is 0 Å². The molecule has 3 aromatic rings. The van der Waals surface area contributed by atoms with Gasteiger partial charge in [0.2, 0.25) is 17.7 Å². The molecule has 1 atom stereocenters. The second-order valence-corrected chi connectivity index (χ2v) is 10.1. The minimum atomic E-state index is -5.22. The summed E-state index contributed by atoms with van der Waals surface area (Å²) in [5.41, 5.74) is -1.77. The van der Waals surface area contributed by atoms with Crippen molar-refractivity contribution in [1.82, 2.24) is 4.98 Å². The molecule has 208 valence electrons. The molecule has 1 aliphatic rings. The van der Waals surface area contributed by atoms with Crippen LogP contribution in [0.25, 0.3) is 17.0 Å². The molecule has 0 spiro atoms. The number of carbonyl (C=O) groups is 1. The van der Waals surface area contributed by atoms with Gasteiger partial charge in [0.05, 0.1) is 18.0 Å². The van der Waals surface area contributed by atoms with Crippen LogP contribution in [0, 0.1) is 11.6 Å². The number of aromatic amines is 1. The summed E-state index contributed by atoms with van der Waals surface area (Å²) in [6, 6.07) is 4.23. The molecule has 39 heavy (non-hydrogen) atoms. The number of ether oxygens (including phenoxy) is 1. The summed E-state index contributed by atoms with van der Waals surface area (Å²) in [5, 5.41) is 0. The molecule has 1 aliphatic heterocycles. The highest BCUT2D eigenvalue weighted by Gasteiger charge is 2.50. The highest BCUT2D eigenvalue weighted by molar-refractivity contribution is 5.86. The van der Waals surface area contributed by atoms with E-state index < -0.39 is 34.8 Å². The third kappa shape index (κ3) is 5.21. The van der Waals surface area contributed by atoms with Crippen molar-refractivity contribution in [1.29, 1.82) is 0 Å². The molecular weight excluding hydrogens is 517 g/mol. The Morgan fingerprint density at radius 3 is 2.51 bits per heavy atom. The molecule has 1 N–H and O–H groups in total. The summed E-state index contributed by atoms with van der Waals surface area (Å²) < 4.78 is 80.4. The number of carbonyl (C=O) groups excluding carboxylic acids is 1. The number of nitrogens with zero attached hydrogens (tertiary/aromatic N) is 2. The van der Waals surface area contributed by atoms with Crippen LogP contribution >= 0.6 is 0 Å². The van der Waals surface area contributed by atoms with E-state index in [1.165, 1.54) is 21.6 Å². The SMILES string of the molecule is CCCCCCc1cc[n+]2c(c1)-c1c(cc(F)c(C(F)(F)F)c1F)C(C)(CC)C2=COC(=O)c1c[nH]c[n+]1C. The number of allylic oxidation sites excluding steroid dienone is 1. The Bertz CT molecular complexity index is 1430. The molecule has 0 radical (unpaired) electrons. The Labute approximate surface area is 223 Å². The summed E-state index contributed by atoms with van der Waals surface area (Å²) in [6.45, 7) is 5.52. The van der Waals surface area contributed by atoms with Crippen LogP contribution < -0.4 is 9.13 Å². The van der Waals surface area contributed by atoms with Gasteiger partial charge in [-0.2, -0.15) is 17.7 Å². The van der Waals surface area contributed by atoms with Crippen molar-refractivity contribution in [3.63, 3.8) is 0 Å². The van der Waals surface area contributed by atoms with E-state index >= 15 is 4.39 Å². The lowest BCUT2D eigenvalue weighted by molar-refractivity contribution is -0.672. The molecule has 0 aliphatic carbocycles. The average molecular weight is 550 g/mol. The molecule has 0 bridgehead atoms.